The number of aryl methyl sites for hydroxylation is 1. The number of pyridine rings is 1. The number of amides is 1. The Morgan fingerprint density at radius 1 is 0.967 bits per heavy atom. The Morgan fingerprint density at radius 3 is 2.23 bits per heavy atom. The van der Waals surface area contributed by atoms with Gasteiger partial charge in [-0.1, -0.05) is 12.1 Å². The Kier molecular flexibility index (Phi) is 5.39. The van der Waals surface area contributed by atoms with E-state index >= 15 is 0 Å². The van der Waals surface area contributed by atoms with Crippen molar-refractivity contribution in [3.8, 4) is 22.8 Å². The van der Waals surface area contributed by atoms with E-state index in [1.165, 1.54) is 0 Å². The maximum absolute atomic E-state index is 12.8. The van der Waals surface area contributed by atoms with E-state index in [1.807, 2.05) is 78.2 Å². The number of carbonyl (C=O) groups excluding carboxylic acids is 1. The number of aromatic nitrogens is 2. The van der Waals surface area contributed by atoms with Crippen molar-refractivity contribution in [2.24, 2.45) is 0 Å². The second kappa shape index (κ2) is 8.29. The molecule has 0 saturated carbocycles. The topological polar surface area (TPSA) is 64.9 Å². The number of nitrogens with zero attached hydrogens (tertiary/aromatic N) is 2. The summed E-state index contributed by atoms with van der Waals surface area (Å²) in [5.74, 6) is 2.06. The van der Waals surface area contributed by atoms with Gasteiger partial charge in [0.25, 0.3) is 0 Å². The zero-order valence-electron chi connectivity index (χ0n) is 17.2. The van der Waals surface area contributed by atoms with Crippen LogP contribution in [0.15, 0.2) is 66.9 Å². The fourth-order valence-corrected chi connectivity index (χ4v) is 3.32. The largest absolute Gasteiger partial charge is 0.497 e. The molecular weight excluding hydrogens is 378 g/mol. The molecule has 0 unspecified atom stereocenters. The summed E-state index contributed by atoms with van der Waals surface area (Å²) in [5, 5.41) is 3.06. The van der Waals surface area contributed by atoms with E-state index in [0.29, 0.717) is 11.5 Å². The van der Waals surface area contributed by atoms with Crippen LogP contribution in [0, 0.1) is 6.92 Å². The lowest BCUT2D eigenvalue weighted by atomic mass is 10.1. The van der Waals surface area contributed by atoms with Crippen molar-refractivity contribution < 1.29 is 14.3 Å². The lowest BCUT2D eigenvalue weighted by Crippen LogP contribution is -2.16. The van der Waals surface area contributed by atoms with Gasteiger partial charge in [0.2, 0.25) is 5.91 Å². The molecule has 0 aliphatic rings. The molecule has 0 spiro atoms. The molecule has 0 fully saturated rings. The van der Waals surface area contributed by atoms with Crippen LogP contribution in [0.1, 0.15) is 11.1 Å². The molecule has 0 aliphatic carbocycles. The summed E-state index contributed by atoms with van der Waals surface area (Å²) < 4.78 is 12.3. The van der Waals surface area contributed by atoms with E-state index in [0.717, 1.165) is 33.8 Å². The molecule has 30 heavy (non-hydrogen) atoms. The molecule has 1 amide bonds. The third-order valence-corrected chi connectivity index (χ3v) is 4.93. The van der Waals surface area contributed by atoms with Crippen molar-refractivity contribution in [2.75, 3.05) is 19.5 Å². The molecule has 0 saturated heterocycles. The predicted octanol–water partition coefficient (Wildman–Crippen LogP) is 4.51. The number of hydrogen-bond acceptors (Lipinski definition) is 4. The molecule has 152 valence electrons. The molecule has 6 heteroatoms. The van der Waals surface area contributed by atoms with E-state index in [4.69, 9.17) is 14.5 Å². The number of nitrogens with one attached hydrogen (secondary N) is 1. The number of rotatable bonds is 6. The first-order valence-corrected chi connectivity index (χ1v) is 9.63. The molecule has 2 heterocycles. The number of carbonyl (C=O) groups is 1. The van der Waals surface area contributed by atoms with Crippen molar-refractivity contribution in [1.29, 1.82) is 0 Å². The highest BCUT2D eigenvalue weighted by molar-refractivity contribution is 5.95. The minimum absolute atomic E-state index is 0.114. The molecule has 0 atom stereocenters. The first-order valence-electron chi connectivity index (χ1n) is 9.63. The Hall–Kier alpha value is -3.80. The van der Waals surface area contributed by atoms with Crippen LogP contribution in [-0.4, -0.2) is 29.5 Å². The summed E-state index contributed by atoms with van der Waals surface area (Å²) in [4.78, 5) is 17.6. The quantitative estimate of drug-likeness (QED) is 0.516. The number of hydrogen-bond donors (Lipinski definition) is 1. The smallest absolute Gasteiger partial charge is 0.229 e. The van der Waals surface area contributed by atoms with Crippen molar-refractivity contribution in [3.05, 3.63) is 78.0 Å². The van der Waals surface area contributed by atoms with Gasteiger partial charge in [-0.25, -0.2) is 4.98 Å². The van der Waals surface area contributed by atoms with Gasteiger partial charge in [-0.3, -0.25) is 9.20 Å². The van der Waals surface area contributed by atoms with Gasteiger partial charge in [-0.2, -0.15) is 0 Å². The lowest BCUT2D eigenvalue weighted by Gasteiger charge is -2.09. The van der Waals surface area contributed by atoms with Crippen molar-refractivity contribution in [2.45, 2.75) is 13.3 Å². The Labute approximate surface area is 175 Å². The molecule has 2 aromatic heterocycles. The van der Waals surface area contributed by atoms with Crippen LogP contribution in [0.3, 0.4) is 0 Å². The summed E-state index contributed by atoms with van der Waals surface area (Å²) in [7, 11) is 3.25. The standard InChI is InChI=1S/C24H23N3O3/c1-16-12-13-27-21(14-16)25-23(18-6-10-20(30-3)11-7-18)24(27)26-22(28)15-17-4-8-19(29-2)9-5-17/h4-14H,15H2,1-3H3,(H,26,28). The summed E-state index contributed by atoms with van der Waals surface area (Å²) in [5.41, 5.74) is 4.40. The van der Waals surface area contributed by atoms with Crippen molar-refractivity contribution in [1.82, 2.24) is 9.38 Å². The van der Waals surface area contributed by atoms with Gasteiger partial charge in [-0.15, -0.1) is 0 Å². The van der Waals surface area contributed by atoms with E-state index in [1.54, 1.807) is 14.2 Å². The Morgan fingerprint density at radius 2 is 1.60 bits per heavy atom. The minimum atomic E-state index is -0.114. The summed E-state index contributed by atoms with van der Waals surface area (Å²) >= 11 is 0. The molecular formula is C24H23N3O3. The van der Waals surface area contributed by atoms with Gasteiger partial charge in [0.1, 0.15) is 28.7 Å². The Bertz CT molecular complexity index is 1180. The predicted molar refractivity (Wildman–Crippen MR) is 117 cm³/mol. The van der Waals surface area contributed by atoms with Crippen LogP contribution >= 0.6 is 0 Å². The van der Waals surface area contributed by atoms with Gasteiger partial charge in [0.15, 0.2) is 0 Å². The number of benzene rings is 2. The number of fused-ring (bicyclic) bond motifs is 1. The number of ether oxygens (including phenoxy) is 2. The van der Waals surface area contributed by atoms with Gasteiger partial charge in [0, 0.05) is 11.8 Å². The highest BCUT2D eigenvalue weighted by Crippen LogP contribution is 2.30. The fourth-order valence-electron chi connectivity index (χ4n) is 3.32. The fraction of sp³-hybridized carbons (Fsp3) is 0.167. The maximum atomic E-state index is 12.8. The average Bonchev–Trinajstić information content (AvgIpc) is 3.11. The van der Waals surface area contributed by atoms with Crippen LogP contribution < -0.4 is 14.8 Å². The molecule has 1 N–H and O–H groups in total. The lowest BCUT2D eigenvalue weighted by molar-refractivity contribution is -0.115. The second-order valence-electron chi connectivity index (χ2n) is 7.04. The number of methoxy groups -OCH3 is 2. The summed E-state index contributed by atoms with van der Waals surface area (Å²) in [6, 6.07) is 19.1. The van der Waals surface area contributed by atoms with Crippen LogP contribution in [0.5, 0.6) is 11.5 Å². The highest BCUT2D eigenvalue weighted by Gasteiger charge is 2.17. The number of imidazole rings is 1. The van der Waals surface area contributed by atoms with Crippen molar-refractivity contribution in [3.63, 3.8) is 0 Å². The van der Waals surface area contributed by atoms with Crippen LogP contribution in [0.25, 0.3) is 16.9 Å². The van der Waals surface area contributed by atoms with Crippen molar-refractivity contribution >= 4 is 17.4 Å². The molecule has 0 radical (unpaired) electrons. The van der Waals surface area contributed by atoms with E-state index < -0.39 is 0 Å². The molecule has 0 bridgehead atoms. The van der Waals surface area contributed by atoms with Crippen LogP contribution in [0.2, 0.25) is 0 Å². The minimum Gasteiger partial charge on any atom is -0.497 e. The molecule has 0 aliphatic heterocycles. The number of anilines is 1. The van der Waals surface area contributed by atoms with Gasteiger partial charge in [-0.05, 0) is 66.6 Å². The first-order chi connectivity index (χ1) is 14.6. The van der Waals surface area contributed by atoms with E-state index in [2.05, 4.69) is 5.32 Å². The molecule has 6 nitrogen and oxygen atoms in total. The summed E-state index contributed by atoms with van der Waals surface area (Å²) in [6.07, 6.45) is 2.18. The normalized spacial score (nSPS) is 10.8. The second-order valence-corrected chi connectivity index (χ2v) is 7.04. The zero-order chi connectivity index (χ0) is 21.1. The summed E-state index contributed by atoms with van der Waals surface area (Å²) in [6.45, 7) is 2.02. The third-order valence-electron chi connectivity index (χ3n) is 4.93. The van der Waals surface area contributed by atoms with E-state index in [-0.39, 0.29) is 12.3 Å². The average molecular weight is 401 g/mol. The molecule has 4 aromatic rings. The van der Waals surface area contributed by atoms with Crippen LogP contribution in [0.4, 0.5) is 5.82 Å². The SMILES string of the molecule is COc1ccc(CC(=O)Nc2c(-c3ccc(OC)cc3)nc3cc(C)ccn23)cc1. The molecule has 2 aromatic carbocycles. The van der Waals surface area contributed by atoms with E-state index in [9.17, 15) is 4.79 Å². The van der Waals surface area contributed by atoms with Gasteiger partial charge < -0.3 is 14.8 Å². The van der Waals surface area contributed by atoms with Crippen LogP contribution in [-0.2, 0) is 11.2 Å². The monoisotopic (exact) mass is 401 g/mol. The first kappa shape index (κ1) is 19.5. The van der Waals surface area contributed by atoms with Gasteiger partial charge >= 0.3 is 0 Å². The Balaban J connectivity index is 1.67. The van der Waals surface area contributed by atoms with Gasteiger partial charge in [0.05, 0.1) is 20.6 Å². The third kappa shape index (κ3) is 3.98. The maximum Gasteiger partial charge on any atom is 0.229 e. The molecule has 4 rings (SSSR count). The highest BCUT2D eigenvalue weighted by atomic mass is 16.5. The zero-order valence-corrected chi connectivity index (χ0v) is 17.2.